The molecule has 5 nitrogen and oxygen atoms in total. The van der Waals surface area contributed by atoms with Crippen LogP contribution in [0.25, 0.3) is 17.1 Å². The number of aromatic nitrogens is 3. The van der Waals surface area contributed by atoms with Gasteiger partial charge in [-0.15, -0.1) is 10.2 Å². The van der Waals surface area contributed by atoms with Crippen molar-refractivity contribution in [3.63, 3.8) is 0 Å². The van der Waals surface area contributed by atoms with Crippen LogP contribution in [0.3, 0.4) is 0 Å². The molecule has 0 spiro atoms. The Balaban J connectivity index is 1.57. The van der Waals surface area contributed by atoms with E-state index in [9.17, 15) is 4.79 Å². The molecule has 1 unspecified atom stereocenters. The number of carbonyl (C=O) groups excluding carboxylic acids is 1. The first-order chi connectivity index (χ1) is 13.2. The molecule has 1 atom stereocenters. The minimum atomic E-state index is 0.0447. The van der Waals surface area contributed by atoms with Crippen LogP contribution in [-0.2, 0) is 4.79 Å². The van der Waals surface area contributed by atoms with Gasteiger partial charge in [0, 0.05) is 17.3 Å². The topological polar surface area (TPSA) is 59.8 Å². The Labute approximate surface area is 163 Å². The zero-order valence-electron chi connectivity index (χ0n) is 15.2. The lowest BCUT2D eigenvalue weighted by Gasteiger charge is -2.13. The van der Waals surface area contributed by atoms with Crippen molar-refractivity contribution in [3.8, 4) is 17.1 Å². The molecule has 1 amide bonds. The van der Waals surface area contributed by atoms with Gasteiger partial charge in [-0.2, -0.15) is 0 Å². The third kappa shape index (κ3) is 4.22. The maximum absolute atomic E-state index is 12.3. The maximum atomic E-state index is 12.3. The summed E-state index contributed by atoms with van der Waals surface area (Å²) in [7, 11) is 0. The van der Waals surface area contributed by atoms with Gasteiger partial charge in [0.05, 0.1) is 5.75 Å². The van der Waals surface area contributed by atoms with Crippen molar-refractivity contribution in [3.05, 3.63) is 60.7 Å². The number of hydrogen-bond donors (Lipinski definition) is 1. The highest BCUT2D eigenvalue weighted by atomic mass is 32.2. The predicted octanol–water partition coefficient (Wildman–Crippen LogP) is 3.94. The third-order valence-electron chi connectivity index (χ3n) is 4.73. The summed E-state index contributed by atoms with van der Waals surface area (Å²) in [5, 5.41) is 12.6. The van der Waals surface area contributed by atoms with E-state index in [1.54, 1.807) is 0 Å². The van der Waals surface area contributed by atoms with Gasteiger partial charge in [0.15, 0.2) is 11.0 Å². The molecule has 4 rings (SSSR count). The van der Waals surface area contributed by atoms with E-state index in [1.165, 1.54) is 24.6 Å². The van der Waals surface area contributed by atoms with Crippen LogP contribution < -0.4 is 5.32 Å². The number of carbonyl (C=O) groups is 1. The molecule has 1 N–H and O–H groups in total. The van der Waals surface area contributed by atoms with E-state index in [0.717, 1.165) is 17.1 Å². The monoisotopic (exact) mass is 378 g/mol. The molecule has 0 saturated heterocycles. The molecular formula is C21H22N4OS. The lowest BCUT2D eigenvalue weighted by molar-refractivity contribution is -0.119. The van der Waals surface area contributed by atoms with E-state index in [4.69, 9.17) is 0 Å². The fourth-order valence-electron chi connectivity index (χ4n) is 3.09. The van der Waals surface area contributed by atoms with Gasteiger partial charge in [-0.1, -0.05) is 60.3 Å². The minimum Gasteiger partial charge on any atom is -0.353 e. The number of nitrogens with zero attached hydrogens (tertiary/aromatic N) is 3. The molecular weight excluding hydrogens is 356 g/mol. The zero-order valence-corrected chi connectivity index (χ0v) is 16.0. The summed E-state index contributed by atoms with van der Waals surface area (Å²) >= 11 is 1.42. The molecule has 1 aliphatic carbocycles. The number of para-hydroxylation sites is 1. The van der Waals surface area contributed by atoms with Crippen molar-refractivity contribution >= 4 is 17.7 Å². The summed E-state index contributed by atoms with van der Waals surface area (Å²) < 4.78 is 2.01. The molecule has 0 aliphatic heterocycles. The number of hydrogen-bond acceptors (Lipinski definition) is 4. The van der Waals surface area contributed by atoms with Gasteiger partial charge in [-0.25, -0.2) is 0 Å². The zero-order chi connectivity index (χ0) is 18.6. The summed E-state index contributed by atoms with van der Waals surface area (Å²) in [6, 6.07) is 20.2. The normalized spacial score (nSPS) is 14.7. The fraction of sp³-hybridized carbons (Fsp3) is 0.286. The Morgan fingerprint density at radius 1 is 1.11 bits per heavy atom. The van der Waals surface area contributed by atoms with Crippen molar-refractivity contribution in [2.24, 2.45) is 5.92 Å². The van der Waals surface area contributed by atoms with Gasteiger partial charge < -0.3 is 5.32 Å². The lowest BCUT2D eigenvalue weighted by atomic mass is 10.2. The van der Waals surface area contributed by atoms with Crippen molar-refractivity contribution in [1.29, 1.82) is 0 Å². The van der Waals surface area contributed by atoms with E-state index >= 15 is 0 Å². The van der Waals surface area contributed by atoms with Crippen LogP contribution in [-0.4, -0.2) is 32.5 Å². The molecule has 6 heteroatoms. The Hall–Kier alpha value is -2.60. The van der Waals surface area contributed by atoms with Crippen LogP contribution >= 0.6 is 11.8 Å². The highest BCUT2D eigenvalue weighted by Crippen LogP contribution is 2.32. The Bertz CT molecular complexity index is 906. The molecule has 1 saturated carbocycles. The van der Waals surface area contributed by atoms with Crippen LogP contribution in [0.2, 0.25) is 0 Å². The first kappa shape index (κ1) is 17.8. The number of rotatable bonds is 7. The van der Waals surface area contributed by atoms with Gasteiger partial charge in [0.1, 0.15) is 0 Å². The molecule has 27 heavy (non-hydrogen) atoms. The van der Waals surface area contributed by atoms with Crippen molar-refractivity contribution < 1.29 is 4.79 Å². The van der Waals surface area contributed by atoms with Crippen molar-refractivity contribution in [2.75, 3.05) is 5.75 Å². The highest BCUT2D eigenvalue weighted by Gasteiger charge is 2.29. The quantitative estimate of drug-likeness (QED) is 0.633. The van der Waals surface area contributed by atoms with E-state index in [0.29, 0.717) is 16.8 Å². The second-order valence-electron chi connectivity index (χ2n) is 6.83. The largest absolute Gasteiger partial charge is 0.353 e. The summed E-state index contributed by atoms with van der Waals surface area (Å²) in [5.41, 5.74) is 1.98. The number of benzene rings is 2. The van der Waals surface area contributed by atoms with Gasteiger partial charge in [0.25, 0.3) is 0 Å². The van der Waals surface area contributed by atoms with Gasteiger partial charge in [-0.3, -0.25) is 9.36 Å². The van der Waals surface area contributed by atoms with E-state index < -0.39 is 0 Å². The number of nitrogens with one attached hydrogen (secondary N) is 1. The lowest BCUT2D eigenvalue weighted by Crippen LogP contribution is -2.35. The standard InChI is InChI=1S/C21H22N4OS/c1-15(16-12-13-16)22-19(26)14-27-21-24-23-20(17-8-4-2-5-9-17)25(21)18-10-6-3-7-11-18/h2-11,15-16H,12-14H2,1H3,(H,22,26). The molecule has 2 aromatic carbocycles. The summed E-state index contributed by atoms with van der Waals surface area (Å²) in [4.78, 5) is 12.3. The molecule has 1 fully saturated rings. The average Bonchev–Trinajstić information content (AvgIpc) is 3.47. The molecule has 3 aromatic rings. The van der Waals surface area contributed by atoms with E-state index in [-0.39, 0.29) is 11.9 Å². The third-order valence-corrected chi connectivity index (χ3v) is 5.66. The summed E-state index contributed by atoms with van der Waals surface area (Å²) in [5.74, 6) is 1.80. The SMILES string of the molecule is CC(NC(=O)CSc1nnc(-c2ccccc2)n1-c1ccccc1)C1CC1. The van der Waals surface area contributed by atoms with Crippen LogP contribution in [0.5, 0.6) is 0 Å². The second-order valence-corrected chi connectivity index (χ2v) is 7.77. The average molecular weight is 379 g/mol. The molecule has 0 bridgehead atoms. The molecule has 0 radical (unpaired) electrons. The summed E-state index contributed by atoms with van der Waals surface area (Å²) in [6.45, 7) is 2.08. The number of thioether (sulfide) groups is 1. The van der Waals surface area contributed by atoms with Crippen molar-refractivity contribution in [2.45, 2.75) is 31.0 Å². The smallest absolute Gasteiger partial charge is 0.230 e. The Kier molecular flexibility index (Phi) is 5.25. The molecule has 1 aliphatic rings. The minimum absolute atomic E-state index is 0.0447. The predicted molar refractivity (Wildman–Crippen MR) is 108 cm³/mol. The first-order valence-corrected chi connectivity index (χ1v) is 10.2. The fourth-order valence-corrected chi connectivity index (χ4v) is 3.85. The first-order valence-electron chi connectivity index (χ1n) is 9.21. The van der Waals surface area contributed by atoms with Crippen LogP contribution in [0.1, 0.15) is 19.8 Å². The highest BCUT2D eigenvalue weighted by molar-refractivity contribution is 7.99. The summed E-state index contributed by atoms with van der Waals surface area (Å²) in [6.07, 6.45) is 2.44. The Morgan fingerprint density at radius 3 is 2.44 bits per heavy atom. The van der Waals surface area contributed by atoms with Gasteiger partial charge >= 0.3 is 0 Å². The van der Waals surface area contributed by atoms with Crippen LogP contribution in [0, 0.1) is 5.92 Å². The van der Waals surface area contributed by atoms with E-state index in [2.05, 4.69) is 22.4 Å². The van der Waals surface area contributed by atoms with Crippen LogP contribution in [0.4, 0.5) is 0 Å². The van der Waals surface area contributed by atoms with Crippen molar-refractivity contribution in [1.82, 2.24) is 20.1 Å². The molecule has 1 heterocycles. The van der Waals surface area contributed by atoms with Crippen LogP contribution in [0.15, 0.2) is 65.8 Å². The second kappa shape index (κ2) is 7.96. The molecule has 1 aromatic heterocycles. The number of amides is 1. The molecule has 138 valence electrons. The Morgan fingerprint density at radius 2 is 1.78 bits per heavy atom. The van der Waals surface area contributed by atoms with Gasteiger partial charge in [-0.05, 0) is 37.8 Å². The van der Waals surface area contributed by atoms with E-state index in [1.807, 2.05) is 65.2 Å². The van der Waals surface area contributed by atoms with Gasteiger partial charge in [0.2, 0.25) is 5.91 Å². The maximum Gasteiger partial charge on any atom is 0.230 e.